The molecule has 1 aliphatic heterocycles. The zero-order chi connectivity index (χ0) is 13.0. The van der Waals surface area contributed by atoms with Crippen LogP contribution in [0.25, 0.3) is 0 Å². The molecule has 0 aromatic carbocycles. The van der Waals surface area contributed by atoms with Crippen molar-refractivity contribution < 1.29 is 4.74 Å². The topological polar surface area (TPSA) is 38.2 Å². The lowest BCUT2D eigenvalue weighted by molar-refractivity contribution is 0.0985. The third kappa shape index (κ3) is 3.36. The van der Waals surface area contributed by atoms with Gasteiger partial charge in [-0.1, -0.05) is 0 Å². The van der Waals surface area contributed by atoms with Gasteiger partial charge < -0.3 is 9.64 Å². The summed E-state index contributed by atoms with van der Waals surface area (Å²) in [6, 6.07) is 2.53. The van der Waals surface area contributed by atoms with Crippen LogP contribution < -0.4 is 4.90 Å². The van der Waals surface area contributed by atoms with Gasteiger partial charge in [-0.05, 0) is 32.5 Å². The molecule has 5 heteroatoms. The van der Waals surface area contributed by atoms with E-state index in [9.17, 15) is 0 Å². The number of ether oxygens (including phenoxy) is 1. The van der Waals surface area contributed by atoms with E-state index >= 15 is 0 Å². The molecule has 0 spiro atoms. The summed E-state index contributed by atoms with van der Waals surface area (Å²) in [7, 11) is 0. The quantitative estimate of drug-likeness (QED) is 0.610. The second kappa shape index (κ2) is 6.38. The number of rotatable bonds is 4. The molecule has 1 aliphatic rings. The fraction of sp³-hybridized carbons (Fsp3) is 0.692. The molecule has 2 heterocycles. The van der Waals surface area contributed by atoms with E-state index in [1.54, 1.807) is 0 Å². The van der Waals surface area contributed by atoms with Gasteiger partial charge in [-0.3, -0.25) is 0 Å². The van der Waals surface area contributed by atoms with Gasteiger partial charge >= 0.3 is 0 Å². The molecule has 0 amide bonds. The molecule has 0 radical (unpaired) electrons. The fourth-order valence-electron chi connectivity index (χ4n) is 2.13. The molecule has 100 valence electrons. The number of thiol groups is 1. The molecule has 0 bridgehead atoms. The first-order valence-corrected chi connectivity index (χ1v) is 7.79. The van der Waals surface area contributed by atoms with Crippen molar-refractivity contribution in [2.24, 2.45) is 0 Å². The lowest BCUT2D eigenvalue weighted by Gasteiger charge is -2.34. The van der Waals surface area contributed by atoms with E-state index in [2.05, 4.69) is 34.8 Å². The highest BCUT2D eigenvalue weighted by Gasteiger charge is 2.21. The first-order valence-electron chi connectivity index (χ1n) is 6.53. The van der Waals surface area contributed by atoms with Crippen molar-refractivity contribution in [1.29, 1.82) is 0 Å². The van der Waals surface area contributed by atoms with Gasteiger partial charge in [-0.25, -0.2) is 9.97 Å². The van der Waals surface area contributed by atoms with Gasteiger partial charge in [0.25, 0.3) is 0 Å². The summed E-state index contributed by atoms with van der Waals surface area (Å²) < 4.78 is 5.47. The maximum atomic E-state index is 5.47. The molecule has 18 heavy (non-hydrogen) atoms. The fourth-order valence-corrected chi connectivity index (χ4v) is 2.75. The largest absolute Gasteiger partial charge is 0.377 e. The smallest absolute Gasteiger partial charge is 0.147 e. The Bertz CT molecular complexity index is 400. The van der Waals surface area contributed by atoms with Crippen molar-refractivity contribution in [3.05, 3.63) is 17.6 Å². The van der Waals surface area contributed by atoms with E-state index < -0.39 is 0 Å². The van der Waals surface area contributed by atoms with Gasteiger partial charge in [0.15, 0.2) is 0 Å². The highest BCUT2D eigenvalue weighted by molar-refractivity contribution is 7.77. The van der Waals surface area contributed by atoms with Crippen molar-refractivity contribution in [3.8, 4) is 0 Å². The van der Waals surface area contributed by atoms with Crippen molar-refractivity contribution in [2.45, 2.75) is 32.6 Å². The molecule has 1 aromatic heterocycles. The highest BCUT2D eigenvalue weighted by Crippen LogP contribution is 2.18. The lowest BCUT2D eigenvalue weighted by atomic mass is 10.2. The Morgan fingerprint density at radius 1 is 1.50 bits per heavy atom. The molecule has 2 rings (SSSR count). The summed E-state index contributed by atoms with van der Waals surface area (Å²) in [5.41, 5.74) is 1.15. The molecular weight excluding hydrogens is 246 g/mol. The van der Waals surface area contributed by atoms with Gasteiger partial charge in [-0.15, -0.1) is 0 Å². The predicted molar refractivity (Wildman–Crippen MR) is 77.4 cm³/mol. The number of morpholine rings is 1. The monoisotopic (exact) mass is 268 g/mol. The summed E-state index contributed by atoms with van der Waals surface area (Å²) in [5, 5.41) is 0. The van der Waals surface area contributed by atoms with E-state index in [4.69, 9.17) is 4.74 Å². The van der Waals surface area contributed by atoms with E-state index in [-0.39, 0.29) is 0 Å². The summed E-state index contributed by atoms with van der Waals surface area (Å²) in [4.78, 5) is 11.4. The second-order valence-corrected chi connectivity index (χ2v) is 5.98. The number of aromatic nitrogens is 2. The first kappa shape index (κ1) is 13.6. The van der Waals surface area contributed by atoms with Crippen molar-refractivity contribution in [2.75, 3.05) is 30.4 Å². The Kier molecular flexibility index (Phi) is 4.83. The summed E-state index contributed by atoms with van der Waals surface area (Å²) >= 11 is 1.42. The molecule has 0 aliphatic carbocycles. The van der Waals surface area contributed by atoms with Crippen LogP contribution in [0.5, 0.6) is 0 Å². The minimum Gasteiger partial charge on any atom is -0.377 e. The van der Waals surface area contributed by atoms with E-state index in [1.807, 2.05) is 6.92 Å². The Morgan fingerprint density at radius 2 is 2.33 bits per heavy atom. The Hall–Kier alpha value is -0.810. The Morgan fingerprint density at radius 3 is 3.06 bits per heavy atom. The number of anilines is 1. The summed E-state index contributed by atoms with van der Waals surface area (Å²) in [5.74, 6) is 4.12. The SMILES string of the molecule is CC[SH+]Cc1cc(N2CCOC[C@@H]2C)nc(C)n1. The average Bonchev–Trinajstić information content (AvgIpc) is 2.36. The van der Waals surface area contributed by atoms with E-state index in [1.165, 1.54) is 17.5 Å². The molecule has 0 unspecified atom stereocenters. The van der Waals surface area contributed by atoms with Crippen LogP contribution in [-0.4, -0.2) is 41.5 Å². The van der Waals surface area contributed by atoms with Gasteiger partial charge in [0.2, 0.25) is 0 Å². The minimum absolute atomic E-state index is 0.393. The second-order valence-electron chi connectivity index (χ2n) is 4.58. The third-order valence-electron chi connectivity index (χ3n) is 3.04. The Balaban J connectivity index is 2.18. The van der Waals surface area contributed by atoms with E-state index in [0.717, 1.165) is 42.8 Å². The van der Waals surface area contributed by atoms with Crippen LogP contribution in [-0.2, 0) is 22.3 Å². The van der Waals surface area contributed by atoms with Crippen molar-refractivity contribution >= 4 is 17.6 Å². The van der Waals surface area contributed by atoms with Gasteiger partial charge in [0.05, 0.1) is 24.9 Å². The predicted octanol–water partition coefficient (Wildman–Crippen LogP) is 1.34. The summed E-state index contributed by atoms with van der Waals surface area (Å²) in [6.45, 7) is 8.84. The van der Waals surface area contributed by atoms with Crippen molar-refractivity contribution in [3.63, 3.8) is 0 Å². The third-order valence-corrected chi connectivity index (χ3v) is 4.03. The van der Waals surface area contributed by atoms with Crippen LogP contribution in [0.15, 0.2) is 6.07 Å². The van der Waals surface area contributed by atoms with Crippen LogP contribution in [0.3, 0.4) is 0 Å². The van der Waals surface area contributed by atoms with Crippen LogP contribution in [0.4, 0.5) is 5.82 Å². The maximum absolute atomic E-state index is 5.47. The van der Waals surface area contributed by atoms with Gasteiger partial charge in [0.1, 0.15) is 23.1 Å². The number of aryl methyl sites for hydroxylation is 1. The molecule has 1 atom stereocenters. The van der Waals surface area contributed by atoms with Crippen LogP contribution >= 0.6 is 0 Å². The zero-order valence-electron chi connectivity index (χ0n) is 11.4. The minimum atomic E-state index is 0.393. The highest BCUT2D eigenvalue weighted by atomic mass is 32.2. The molecule has 0 N–H and O–H groups in total. The number of nitrogens with zero attached hydrogens (tertiary/aromatic N) is 3. The summed E-state index contributed by atoms with van der Waals surface area (Å²) in [6.07, 6.45) is 0. The van der Waals surface area contributed by atoms with Crippen molar-refractivity contribution in [1.82, 2.24) is 9.97 Å². The standard InChI is InChI=1S/C13H21N3OS/c1-4-18-9-12-7-13(15-11(3)14-12)16-5-6-17-8-10(16)2/h7,10H,4-6,8-9H2,1-3H3/p+1/t10-/m0/s1. The average molecular weight is 268 g/mol. The molecule has 4 nitrogen and oxygen atoms in total. The molecule has 1 aromatic rings. The van der Waals surface area contributed by atoms with Crippen LogP contribution in [0.1, 0.15) is 25.4 Å². The molecule has 0 saturated carbocycles. The molecule has 1 saturated heterocycles. The lowest BCUT2D eigenvalue weighted by Crippen LogP contribution is -2.44. The number of hydrogen-bond donors (Lipinski definition) is 0. The van der Waals surface area contributed by atoms with Crippen LogP contribution in [0.2, 0.25) is 0 Å². The maximum Gasteiger partial charge on any atom is 0.147 e. The normalized spacial score (nSPS) is 20.2. The van der Waals surface area contributed by atoms with Gasteiger partial charge in [-0.2, -0.15) is 0 Å². The Labute approximate surface area is 113 Å². The zero-order valence-corrected chi connectivity index (χ0v) is 12.3. The van der Waals surface area contributed by atoms with E-state index in [0.29, 0.717) is 6.04 Å². The van der Waals surface area contributed by atoms with Gasteiger partial charge in [0, 0.05) is 12.6 Å². The first-order chi connectivity index (χ1) is 8.70. The van der Waals surface area contributed by atoms with Crippen LogP contribution in [0, 0.1) is 6.92 Å². The number of hydrogen-bond acceptors (Lipinski definition) is 4. The molecule has 1 fully saturated rings. The molecular formula is C13H22N3OS+.